The molecule has 1 heterocycles. The van der Waals surface area contributed by atoms with E-state index >= 15 is 0 Å². The summed E-state index contributed by atoms with van der Waals surface area (Å²) in [5, 5.41) is 9.03. The zero-order valence-electron chi connectivity index (χ0n) is 15.2. The molecule has 3 rings (SSSR count). The van der Waals surface area contributed by atoms with Gasteiger partial charge < -0.3 is 19.3 Å². The summed E-state index contributed by atoms with van der Waals surface area (Å²) in [5.74, 6) is 0.689. The summed E-state index contributed by atoms with van der Waals surface area (Å²) < 4.78 is 16.2. The van der Waals surface area contributed by atoms with Crippen LogP contribution in [-0.2, 0) is 0 Å². The minimum atomic E-state index is -0.953. The Morgan fingerprint density at radius 2 is 1.33 bits per heavy atom. The largest absolute Gasteiger partial charge is 0.493 e. The molecule has 0 saturated heterocycles. The average molecular weight is 365 g/mol. The van der Waals surface area contributed by atoms with E-state index in [0.29, 0.717) is 17.2 Å². The van der Waals surface area contributed by atoms with Crippen LogP contribution in [0.3, 0.4) is 0 Å². The van der Waals surface area contributed by atoms with Crippen LogP contribution in [-0.4, -0.2) is 37.4 Å². The van der Waals surface area contributed by atoms with Crippen LogP contribution in [0, 0.1) is 0 Å². The number of benzene rings is 2. The molecule has 3 aromatic rings. The number of nitrogens with zero attached hydrogens (tertiary/aromatic N) is 1. The summed E-state index contributed by atoms with van der Waals surface area (Å²) in [7, 11) is 4.70. The fourth-order valence-corrected chi connectivity index (χ4v) is 2.81. The van der Waals surface area contributed by atoms with Crippen molar-refractivity contribution in [1.82, 2.24) is 4.98 Å². The number of ether oxygens (including phenoxy) is 3. The SMILES string of the molecule is COc1cc(-c2cncc(-c3ccc(C(=O)O)cc3)c2)cc(OC)c1OC. The molecule has 6 nitrogen and oxygen atoms in total. The number of carboxylic acid groups (broad SMARTS) is 1. The van der Waals surface area contributed by atoms with Gasteiger partial charge >= 0.3 is 5.97 Å². The maximum absolute atomic E-state index is 11.0. The van der Waals surface area contributed by atoms with Crippen molar-refractivity contribution in [3.63, 3.8) is 0 Å². The van der Waals surface area contributed by atoms with E-state index in [9.17, 15) is 4.79 Å². The van der Waals surface area contributed by atoms with Gasteiger partial charge in [0.15, 0.2) is 11.5 Å². The third-order valence-corrected chi connectivity index (χ3v) is 4.20. The predicted octanol–water partition coefficient (Wildman–Crippen LogP) is 4.14. The van der Waals surface area contributed by atoms with E-state index in [1.54, 1.807) is 58.0 Å². The second kappa shape index (κ2) is 7.78. The van der Waals surface area contributed by atoms with Crippen LogP contribution < -0.4 is 14.2 Å². The number of rotatable bonds is 6. The first-order valence-corrected chi connectivity index (χ1v) is 8.16. The van der Waals surface area contributed by atoms with E-state index in [2.05, 4.69) is 4.98 Å². The molecule has 0 amide bonds. The quantitative estimate of drug-likeness (QED) is 0.707. The van der Waals surface area contributed by atoms with Crippen LogP contribution in [0.5, 0.6) is 17.2 Å². The van der Waals surface area contributed by atoms with Crippen molar-refractivity contribution in [1.29, 1.82) is 0 Å². The molecule has 2 aromatic carbocycles. The molecular formula is C21H19NO5. The molecule has 0 fully saturated rings. The van der Waals surface area contributed by atoms with Crippen molar-refractivity contribution in [3.05, 3.63) is 60.4 Å². The highest BCUT2D eigenvalue weighted by Crippen LogP contribution is 2.41. The average Bonchev–Trinajstić information content (AvgIpc) is 2.72. The van der Waals surface area contributed by atoms with E-state index in [4.69, 9.17) is 19.3 Å². The lowest BCUT2D eigenvalue weighted by Gasteiger charge is -2.14. The summed E-state index contributed by atoms with van der Waals surface area (Å²) in [4.78, 5) is 15.3. The standard InChI is InChI=1S/C21H19NO5/c1-25-18-9-15(10-19(26-2)20(18)27-3)17-8-16(11-22-12-17)13-4-6-14(7-5-13)21(23)24/h4-12H,1-3H3,(H,23,24). The van der Waals surface area contributed by atoms with Crippen LogP contribution in [0.4, 0.5) is 0 Å². The maximum atomic E-state index is 11.0. The molecule has 0 spiro atoms. The van der Waals surface area contributed by atoms with Crippen LogP contribution in [0.2, 0.25) is 0 Å². The zero-order valence-corrected chi connectivity index (χ0v) is 15.2. The first kappa shape index (κ1) is 18.3. The summed E-state index contributed by atoms with van der Waals surface area (Å²) in [6, 6.07) is 12.4. The van der Waals surface area contributed by atoms with Gasteiger partial charge in [0.25, 0.3) is 0 Å². The lowest BCUT2D eigenvalue weighted by molar-refractivity contribution is 0.0697. The summed E-state index contributed by atoms with van der Waals surface area (Å²) in [6.45, 7) is 0. The van der Waals surface area contributed by atoms with Crippen molar-refractivity contribution >= 4 is 5.97 Å². The van der Waals surface area contributed by atoms with E-state index in [1.807, 2.05) is 18.2 Å². The minimum absolute atomic E-state index is 0.243. The normalized spacial score (nSPS) is 10.3. The van der Waals surface area contributed by atoms with Gasteiger partial charge in [0.2, 0.25) is 5.75 Å². The summed E-state index contributed by atoms with van der Waals surface area (Å²) >= 11 is 0. The number of aromatic carboxylic acids is 1. The Balaban J connectivity index is 2.04. The summed E-state index contributed by atoms with van der Waals surface area (Å²) in [5.41, 5.74) is 3.72. The monoisotopic (exact) mass is 365 g/mol. The number of pyridine rings is 1. The Morgan fingerprint density at radius 3 is 1.81 bits per heavy atom. The van der Waals surface area contributed by atoms with Gasteiger partial charge in [-0.2, -0.15) is 0 Å². The summed E-state index contributed by atoms with van der Waals surface area (Å²) in [6.07, 6.45) is 3.48. The number of carboxylic acids is 1. The molecule has 0 unspecified atom stereocenters. The molecule has 1 N–H and O–H groups in total. The van der Waals surface area contributed by atoms with Crippen LogP contribution in [0.25, 0.3) is 22.3 Å². The van der Waals surface area contributed by atoms with Crippen LogP contribution in [0.15, 0.2) is 54.9 Å². The molecule has 0 saturated carbocycles. The van der Waals surface area contributed by atoms with Gasteiger partial charge in [-0.3, -0.25) is 4.98 Å². The molecule has 0 aliphatic rings. The van der Waals surface area contributed by atoms with E-state index < -0.39 is 5.97 Å². The molecule has 0 radical (unpaired) electrons. The number of methoxy groups -OCH3 is 3. The third-order valence-electron chi connectivity index (χ3n) is 4.20. The van der Waals surface area contributed by atoms with Gasteiger partial charge in [0.1, 0.15) is 0 Å². The molecule has 1 aromatic heterocycles. The van der Waals surface area contributed by atoms with Gasteiger partial charge in [-0.15, -0.1) is 0 Å². The Hall–Kier alpha value is -3.54. The van der Waals surface area contributed by atoms with E-state index in [1.165, 1.54) is 0 Å². The number of carbonyl (C=O) groups is 1. The first-order chi connectivity index (χ1) is 13.1. The van der Waals surface area contributed by atoms with Gasteiger partial charge in [-0.05, 0) is 41.5 Å². The van der Waals surface area contributed by atoms with Gasteiger partial charge in [-0.1, -0.05) is 12.1 Å². The molecule has 6 heteroatoms. The highest BCUT2D eigenvalue weighted by Gasteiger charge is 2.14. The maximum Gasteiger partial charge on any atom is 0.335 e. The van der Waals surface area contributed by atoms with Crippen LogP contribution >= 0.6 is 0 Å². The lowest BCUT2D eigenvalue weighted by atomic mass is 10.0. The first-order valence-electron chi connectivity index (χ1n) is 8.16. The molecule has 27 heavy (non-hydrogen) atoms. The second-order valence-electron chi connectivity index (χ2n) is 5.76. The Kier molecular flexibility index (Phi) is 5.26. The predicted molar refractivity (Wildman–Crippen MR) is 102 cm³/mol. The van der Waals surface area contributed by atoms with Crippen molar-refractivity contribution in [2.75, 3.05) is 21.3 Å². The molecule has 0 bridgehead atoms. The lowest BCUT2D eigenvalue weighted by Crippen LogP contribution is -1.96. The van der Waals surface area contributed by atoms with Crippen molar-refractivity contribution < 1.29 is 24.1 Å². The fourth-order valence-electron chi connectivity index (χ4n) is 2.81. The molecule has 0 aliphatic heterocycles. The molecule has 138 valence electrons. The minimum Gasteiger partial charge on any atom is -0.493 e. The third kappa shape index (κ3) is 3.69. The topological polar surface area (TPSA) is 77.9 Å². The Morgan fingerprint density at radius 1 is 0.778 bits per heavy atom. The number of aromatic nitrogens is 1. The number of hydrogen-bond acceptors (Lipinski definition) is 5. The highest BCUT2D eigenvalue weighted by atomic mass is 16.5. The van der Waals surface area contributed by atoms with Crippen molar-refractivity contribution in [2.45, 2.75) is 0 Å². The Bertz CT molecular complexity index is 942. The van der Waals surface area contributed by atoms with E-state index in [-0.39, 0.29) is 5.56 Å². The Labute approximate surface area is 157 Å². The van der Waals surface area contributed by atoms with Gasteiger partial charge in [0, 0.05) is 23.5 Å². The molecular weight excluding hydrogens is 346 g/mol. The van der Waals surface area contributed by atoms with Gasteiger partial charge in [0.05, 0.1) is 26.9 Å². The fraction of sp³-hybridized carbons (Fsp3) is 0.143. The number of hydrogen-bond donors (Lipinski definition) is 1. The van der Waals surface area contributed by atoms with Crippen molar-refractivity contribution in [2.24, 2.45) is 0 Å². The second-order valence-corrected chi connectivity index (χ2v) is 5.76. The van der Waals surface area contributed by atoms with Crippen molar-refractivity contribution in [3.8, 4) is 39.5 Å². The van der Waals surface area contributed by atoms with Gasteiger partial charge in [-0.25, -0.2) is 4.79 Å². The zero-order chi connectivity index (χ0) is 19.4. The smallest absolute Gasteiger partial charge is 0.335 e. The van der Waals surface area contributed by atoms with Crippen LogP contribution in [0.1, 0.15) is 10.4 Å². The molecule has 0 atom stereocenters. The van der Waals surface area contributed by atoms with E-state index in [0.717, 1.165) is 22.3 Å². The molecule has 0 aliphatic carbocycles. The highest BCUT2D eigenvalue weighted by molar-refractivity contribution is 5.88.